The standard InChI is InChI=1S/C19H18BrN3O4S/c20-16-9-5-4-8-15(16)13-28(26,27)17(19(25)22-11-10-21)12-23-18(24)14-6-2-1-3-7-14/h1-9,17H,11-13H2,(H,22,25)(H,23,24). The van der Waals surface area contributed by atoms with E-state index in [0.29, 0.717) is 15.6 Å². The van der Waals surface area contributed by atoms with E-state index in [-0.39, 0.29) is 12.3 Å². The third kappa shape index (κ3) is 5.90. The van der Waals surface area contributed by atoms with Gasteiger partial charge in [-0.3, -0.25) is 9.59 Å². The van der Waals surface area contributed by atoms with Crippen LogP contribution in [-0.4, -0.2) is 38.6 Å². The molecule has 28 heavy (non-hydrogen) atoms. The number of hydrogen-bond acceptors (Lipinski definition) is 5. The Hall–Kier alpha value is -2.70. The quantitative estimate of drug-likeness (QED) is 0.578. The number of amides is 2. The molecule has 0 heterocycles. The fourth-order valence-corrected chi connectivity index (χ4v) is 4.68. The number of nitrogens with one attached hydrogen (secondary N) is 2. The Morgan fingerprint density at radius 3 is 2.32 bits per heavy atom. The van der Waals surface area contributed by atoms with Crippen molar-refractivity contribution in [3.05, 3.63) is 70.2 Å². The van der Waals surface area contributed by atoms with Gasteiger partial charge in [-0.1, -0.05) is 52.3 Å². The van der Waals surface area contributed by atoms with Crippen molar-refractivity contribution in [2.75, 3.05) is 13.1 Å². The van der Waals surface area contributed by atoms with Crippen molar-refractivity contribution in [1.82, 2.24) is 10.6 Å². The molecule has 1 unspecified atom stereocenters. The molecule has 0 saturated heterocycles. The molecule has 2 amide bonds. The molecular formula is C19H18BrN3O4S. The van der Waals surface area contributed by atoms with E-state index in [1.807, 2.05) is 0 Å². The third-order valence-corrected chi connectivity index (χ3v) is 6.60. The zero-order valence-electron chi connectivity index (χ0n) is 14.8. The van der Waals surface area contributed by atoms with Crippen LogP contribution >= 0.6 is 15.9 Å². The first-order valence-electron chi connectivity index (χ1n) is 8.28. The first-order chi connectivity index (χ1) is 13.3. The van der Waals surface area contributed by atoms with Gasteiger partial charge in [-0.25, -0.2) is 8.42 Å². The van der Waals surface area contributed by atoms with E-state index in [4.69, 9.17) is 5.26 Å². The molecule has 0 aliphatic carbocycles. The van der Waals surface area contributed by atoms with E-state index in [2.05, 4.69) is 26.6 Å². The first kappa shape index (κ1) is 21.6. The third-order valence-electron chi connectivity index (χ3n) is 3.87. The molecule has 0 radical (unpaired) electrons. The molecule has 0 aromatic heterocycles. The van der Waals surface area contributed by atoms with Crippen molar-refractivity contribution in [1.29, 1.82) is 5.26 Å². The Balaban J connectivity index is 2.20. The van der Waals surface area contributed by atoms with Crippen LogP contribution in [0.1, 0.15) is 15.9 Å². The van der Waals surface area contributed by atoms with Crippen LogP contribution in [0.4, 0.5) is 0 Å². The van der Waals surface area contributed by atoms with Crippen molar-refractivity contribution in [2.45, 2.75) is 11.0 Å². The van der Waals surface area contributed by atoms with Gasteiger partial charge in [0.05, 0.1) is 11.8 Å². The van der Waals surface area contributed by atoms with Crippen molar-refractivity contribution >= 4 is 37.6 Å². The highest BCUT2D eigenvalue weighted by Crippen LogP contribution is 2.20. The summed E-state index contributed by atoms with van der Waals surface area (Å²) in [6.07, 6.45) is 0. The molecular weight excluding hydrogens is 446 g/mol. The van der Waals surface area contributed by atoms with E-state index in [1.165, 1.54) is 0 Å². The number of rotatable bonds is 8. The molecule has 2 rings (SSSR count). The Kier molecular flexibility index (Phi) is 7.72. The molecule has 7 nitrogen and oxygen atoms in total. The van der Waals surface area contributed by atoms with Gasteiger partial charge in [-0.05, 0) is 23.8 Å². The molecule has 2 aromatic carbocycles. The number of halogens is 1. The predicted molar refractivity (Wildman–Crippen MR) is 108 cm³/mol. The van der Waals surface area contributed by atoms with Crippen LogP contribution in [0.2, 0.25) is 0 Å². The smallest absolute Gasteiger partial charge is 0.251 e. The van der Waals surface area contributed by atoms with Crippen molar-refractivity contribution in [3.8, 4) is 6.07 Å². The van der Waals surface area contributed by atoms with Gasteiger partial charge < -0.3 is 10.6 Å². The maximum absolute atomic E-state index is 12.9. The van der Waals surface area contributed by atoms with E-state index < -0.39 is 33.4 Å². The molecule has 2 aromatic rings. The average Bonchev–Trinajstić information content (AvgIpc) is 2.68. The fraction of sp³-hybridized carbons (Fsp3) is 0.211. The van der Waals surface area contributed by atoms with Crippen LogP contribution < -0.4 is 10.6 Å². The molecule has 9 heteroatoms. The van der Waals surface area contributed by atoms with Crippen LogP contribution in [0, 0.1) is 11.3 Å². The van der Waals surface area contributed by atoms with Gasteiger partial charge >= 0.3 is 0 Å². The summed E-state index contributed by atoms with van der Waals surface area (Å²) in [6.45, 7) is -0.732. The molecule has 0 aliphatic rings. The lowest BCUT2D eigenvalue weighted by Gasteiger charge is -2.18. The van der Waals surface area contributed by atoms with Gasteiger partial charge in [0.1, 0.15) is 6.54 Å². The van der Waals surface area contributed by atoms with Gasteiger partial charge in [0.25, 0.3) is 5.91 Å². The summed E-state index contributed by atoms with van der Waals surface area (Å²) >= 11 is 3.29. The minimum absolute atomic E-state index is 0.327. The second-order valence-corrected chi connectivity index (χ2v) is 8.88. The Morgan fingerprint density at radius 1 is 1.04 bits per heavy atom. The van der Waals surface area contributed by atoms with Crippen molar-refractivity contribution < 1.29 is 18.0 Å². The Labute approximate surface area is 171 Å². The predicted octanol–water partition coefficient (Wildman–Crippen LogP) is 1.80. The van der Waals surface area contributed by atoms with E-state index in [9.17, 15) is 18.0 Å². The highest BCUT2D eigenvalue weighted by molar-refractivity contribution is 9.10. The highest BCUT2D eigenvalue weighted by atomic mass is 79.9. The summed E-state index contributed by atoms with van der Waals surface area (Å²) in [5.41, 5.74) is 0.844. The number of nitrogens with zero attached hydrogens (tertiary/aromatic N) is 1. The summed E-state index contributed by atoms with van der Waals surface area (Å²) in [7, 11) is -3.97. The molecule has 0 bridgehead atoms. The monoisotopic (exact) mass is 463 g/mol. The summed E-state index contributed by atoms with van der Waals surface area (Å²) in [4.78, 5) is 24.6. The summed E-state index contributed by atoms with van der Waals surface area (Å²) in [6, 6.07) is 16.8. The fourth-order valence-electron chi connectivity index (χ4n) is 2.43. The second kappa shape index (κ2) is 10.0. The molecule has 1 atom stereocenters. The van der Waals surface area contributed by atoms with Crippen LogP contribution in [0.3, 0.4) is 0 Å². The van der Waals surface area contributed by atoms with Gasteiger partial charge in [0.15, 0.2) is 15.1 Å². The van der Waals surface area contributed by atoms with E-state index >= 15 is 0 Å². The SMILES string of the molecule is N#CCNC(=O)C(CNC(=O)c1ccccc1)S(=O)(=O)Cc1ccccc1Br. The van der Waals surface area contributed by atoms with Gasteiger partial charge in [0.2, 0.25) is 5.91 Å². The lowest BCUT2D eigenvalue weighted by molar-refractivity contribution is -0.120. The lowest BCUT2D eigenvalue weighted by atomic mass is 10.2. The average molecular weight is 464 g/mol. The summed E-state index contributed by atoms with van der Waals surface area (Å²) in [5.74, 6) is -1.71. The normalized spacial score (nSPS) is 11.9. The second-order valence-electron chi connectivity index (χ2n) is 5.84. The molecule has 146 valence electrons. The van der Waals surface area contributed by atoms with Gasteiger partial charge in [-0.2, -0.15) is 5.26 Å². The maximum atomic E-state index is 12.9. The minimum atomic E-state index is -3.97. The number of nitriles is 1. The van der Waals surface area contributed by atoms with Crippen LogP contribution in [0.15, 0.2) is 59.1 Å². The van der Waals surface area contributed by atoms with Crippen LogP contribution in [0.25, 0.3) is 0 Å². The van der Waals surface area contributed by atoms with E-state index in [0.717, 1.165) is 0 Å². The lowest BCUT2D eigenvalue weighted by Crippen LogP contribution is -2.47. The number of carbonyl (C=O) groups excluding carboxylic acids is 2. The summed E-state index contributed by atoms with van der Waals surface area (Å²) in [5, 5.41) is 11.9. The zero-order chi connectivity index (χ0) is 20.6. The number of carbonyl (C=O) groups is 2. The largest absolute Gasteiger partial charge is 0.350 e. The Morgan fingerprint density at radius 2 is 1.68 bits per heavy atom. The number of sulfone groups is 1. The number of benzene rings is 2. The number of hydrogen-bond donors (Lipinski definition) is 2. The van der Waals surface area contributed by atoms with E-state index in [1.54, 1.807) is 60.7 Å². The van der Waals surface area contributed by atoms with Crippen LogP contribution in [-0.2, 0) is 20.4 Å². The summed E-state index contributed by atoms with van der Waals surface area (Å²) < 4.78 is 26.4. The molecule has 0 saturated carbocycles. The van der Waals surface area contributed by atoms with Gasteiger partial charge in [0, 0.05) is 16.6 Å². The molecule has 0 aliphatic heterocycles. The van der Waals surface area contributed by atoms with Crippen molar-refractivity contribution in [3.63, 3.8) is 0 Å². The highest BCUT2D eigenvalue weighted by Gasteiger charge is 2.33. The molecule has 2 N–H and O–H groups in total. The van der Waals surface area contributed by atoms with Gasteiger partial charge in [-0.15, -0.1) is 0 Å². The molecule has 0 spiro atoms. The minimum Gasteiger partial charge on any atom is -0.350 e. The van der Waals surface area contributed by atoms with Crippen LogP contribution in [0.5, 0.6) is 0 Å². The Bertz CT molecular complexity index is 988. The topological polar surface area (TPSA) is 116 Å². The van der Waals surface area contributed by atoms with Crippen molar-refractivity contribution in [2.24, 2.45) is 0 Å². The maximum Gasteiger partial charge on any atom is 0.251 e. The zero-order valence-corrected chi connectivity index (χ0v) is 17.2. The molecule has 0 fully saturated rings. The first-order valence-corrected chi connectivity index (χ1v) is 10.8.